The van der Waals surface area contributed by atoms with Gasteiger partial charge in [0.25, 0.3) is 5.69 Å². The van der Waals surface area contributed by atoms with Gasteiger partial charge in [0, 0.05) is 12.1 Å². The molecule has 0 saturated carbocycles. The van der Waals surface area contributed by atoms with Crippen molar-refractivity contribution in [1.29, 1.82) is 0 Å². The van der Waals surface area contributed by atoms with Gasteiger partial charge in [-0.05, 0) is 31.5 Å². The van der Waals surface area contributed by atoms with E-state index in [0.29, 0.717) is 11.3 Å². The number of benzene rings is 1. The number of rotatable bonds is 4. The molecule has 0 aliphatic heterocycles. The lowest BCUT2D eigenvalue weighted by atomic mass is 10.1. The number of carbonyl (C=O) groups excluding carboxylic acids is 1. The first-order chi connectivity index (χ1) is 8.54. The normalized spacial score (nSPS) is 10.9. The van der Waals surface area contributed by atoms with Gasteiger partial charge in [-0.2, -0.15) is 5.10 Å². The lowest BCUT2D eigenvalue weighted by Gasteiger charge is -2.02. The molecule has 1 N–H and O–H groups in total. The first kappa shape index (κ1) is 13.6. The molecule has 0 radical (unpaired) electrons. The van der Waals surface area contributed by atoms with Crippen molar-refractivity contribution < 1.29 is 14.5 Å². The fourth-order valence-corrected chi connectivity index (χ4v) is 1.18. The predicted octanol–water partition coefficient (Wildman–Crippen LogP) is 2.06. The van der Waals surface area contributed by atoms with Crippen molar-refractivity contribution in [3.8, 4) is 0 Å². The Kier molecular flexibility index (Phi) is 4.79. The van der Waals surface area contributed by atoms with E-state index in [1.165, 1.54) is 12.1 Å². The highest BCUT2D eigenvalue weighted by molar-refractivity contribution is 5.99. The topological polar surface area (TPSA) is 93.8 Å². The number of hydrogen-bond donors (Lipinski definition) is 1. The van der Waals surface area contributed by atoms with Gasteiger partial charge in [0.2, 0.25) is 0 Å². The van der Waals surface area contributed by atoms with Gasteiger partial charge in [-0.3, -0.25) is 10.1 Å². The fraction of sp³-hybridized carbons (Fsp3) is 0.273. The molecule has 0 bridgehead atoms. The van der Waals surface area contributed by atoms with Gasteiger partial charge in [0.15, 0.2) is 0 Å². The van der Waals surface area contributed by atoms with Crippen LogP contribution in [-0.4, -0.2) is 23.3 Å². The van der Waals surface area contributed by atoms with Gasteiger partial charge in [-0.15, -0.1) is 0 Å². The predicted molar refractivity (Wildman–Crippen MR) is 65.5 cm³/mol. The van der Waals surface area contributed by atoms with Crippen LogP contribution in [-0.2, 0) is 4.74 Å². The first-order valence-corrected chi connectivity index (χ1v) is 5.26. The van der Waals surface area contributed by atoms with Crippen LogP contribution in [0.15, 0.2) is 29.4 Å². The third kappa shape index (κ3) is 3.85. The van der Waals surface area contributed by atoms with E-state index in [1.54, 1.807) is 26.0 Å². The molecule has 0 saturated heterocycles. The smallest absolute Gasteiger partial charge is 0.427 e. The maximum absolute atomic E-state index is 11.0. The molecule has 1 aromatic rings. The minimum Gasteiger partial charge on any atom is -0.449 e. The molecule has 0 aromatic heterocycles. The molecule has 0 spiro atoms. The average Bonchev–Trinajstić information content (AvgIpc) is 2.36. The zero-order valence-electron chi connectivity index (χ0n) is 10.0. The minimum atomic E-state index is -0.640. The summed E-state index contributed by atoms with van der Waals surface area (Å²) in [6, 6.07) is 5.87. The molecule has 0 heterocycles. The van der Waals surface area contributed by atoms with Gasteiger partial charge in [0.1, 0.15) is 0 Å². The lowest BCUT2D eigenvalue weighted by Crippen LogP contribution is -2.20. The molecule has 1 rings (SSSR count). The Labute approximate surface area is 104 Å². The molecule has 96 valence electrons. The zero-order chi connectivity index (χ0) is 13.5. The summed E-state index contributed by atoms with van der Waals surface area (Å²) < 4.78 is 4.63. The second-order valence-electron chi connectivity index (χ2n) is 3.33. The second kappa shape index (κ2) is 6.33. The highest BCUT2D eigenvalue weighted by atomic mass is 16.6. The molecule has 18 heavy (non-hydrogen) atoms. The first-order valence-electron chi connectivity index (χ1n) is 5.26. The van der Waals surface area contributed by atoms with Gasteiger partial charge in [-0.1, -0.05) is 0 Å². The van der Waals surface area contributed by atoms with E-state index in [0.717, 1.165) is 0 Å². The van der Waals surface area contributed by atoms with Crippen LogP contribution in [0.4, 0.5) is 10.5 Å². The molecule has 0 fully saturated rings. The van der Waals surface area contributed by atoms with E-state index in [9.17, 15) is 14.9 Å². The number of nitro benzene ring substituents is 1. The summed E-state index contributed by atoms with van der Waals surface area (Å²) in [5.41, 5.74) is 3.42. The SMILES string of the molecule is CCOC(=O)NN=C(C)c1ccc([N+](=O)[O-])cc1. The molecule has 0 atom stereocenters. The lowest BCUT2D eigenvalue weighted by molar-refractivity contribution is -0.384. The average molecular weight is 251 g/mol. The quantitative estimate of drug-likeness (QED) is 0.503. The van der Waals surface area contributed by atoms with E-state index < -0.39 is 11.0 Å². The molecule has 1 amide bonds. The summed E-state index contributed by atoms with van der Waals surface area (Å²) in [5, 5.41) is 14.3. The van der Waals surface area contributed by atoms with E-state index in [1.807, 2.05) is 0 Å². The van der Waals surface area contributed by atoms with Crippen molar-refractivity contribution >= 4 is 17.5 Å². The molecular formula is C11H13N3O4. The molecule has 0 unspecified atom stereocenters. The summed E-state index contributed by atoms with van der Waals surface area (Å²) in [6.45, 7) is 3.62. The number of nitrogens with zero attached hydrogens (tertiary/aromatic N) is 2. The number of hydrogen-bond acceptors (Lipinski definition) is 5. The van der Waals surface area contributed by atoms with Crippen molar-refractivity contribution in [3.05, 3.63) is 39.9 Å². The Bertz CT molecular complexity index is 468. The van der Waals surface area contributed by atoms with Gasteiger partial charge in [0.05, 0.1) is 17.2 Å². The standard InChI is InChI=1S/C11H13N3O4/c1-3-18-11(15)13-12-8(2)9-4-6-10(7-5-9)14(16)17/h4-7H,3H2,1-2H3,(H,13,15). The summed E-state index contributed by atoms with van der Waals surface area (Å²) in [6.07, 6.45) is -0.640. The maximum Gasteiger partial charge on any atom is 0.427 e. The number of carbonyl (C=O) groups is 1. The van der Waals surface area contributed by atoms with Crippen LogP contribution in [0.25, 0.3) is 0 Å². The number of nitro groups is 1. The van der Waals surface area contributed by atoms with E-state index in [-0.39, 0.29) is 12.3 Å². The van der Waals surface area contributed by atoms with Crippen molar-refractivity contribution in [2.75, 3.05) is 6.61 Å². The van der Waals surface area contributed by atoms with Crippen molar-refractivity contribution in [2.24, 2.45) is 5.10 Å². The van der Waals surface area contributed by atoms with Crippen LogP contribution in [0.2, 0.25) is 0 Å². The third-order valence-corrected chi connectivity index (χ3v) is 2.09. The number of nitrogens with one attached hydrogen (secondary N) is 1. The van der Waals surface area contributed by atoms with Crippen molar-refractivity contribution in [3.63, 3.8) is 0 Å². The van der Waals surface area contributed by atoms with Gasteiger partial charge >= 0.3 is 6.09 Å². The van der Waals surface area contributed by atoms with E-state index >= 15 is 0 Å². The Morgan fingerprint density at radius 1 is 1.44 bits per heavy atom. The summed E-state index contributed by atoms with van der Waals surface area (Å²) >= 11 is 0. The molecule has 1 aromatic carbocycles. The zero-order valence-corrected chi connectivity index (χ0v) is 10.0. The Hall–Kier alpha value is -2.44. The number of hydrazone groups is 1. The van der Waals surface area contributed by atoms with Crippen LogP contribution >= 0.6 is 0 Å². The number of amides is 1. The molecule has 0 aliphatic carbocycles. The van der Waals surface area contributed by atoms with Crippen LogP contribution < -0.4 is 5.43 Å². The van der Waals surface area contributed by atoms with Crippen LogP contribution in [0.3, 0.4) is 0 Å². The molecule has 7 nitrogen and oxygen atoms in total. The monoisotopic (exact) mass is 251 g/mol. The fourth-order valence-electron chi connectivity index (χ4n) is 1.18. The molecule has 0 aliphatic rings. The van der Waals surface area contributed by atoms with Crippen LogP contribution in [0.1, 0.15) is 19.4 Å². The van der Waals surface area contributed by atoms with Crippen molar-refractivity contribution in [1.82, 2.24) is 5.43 Å². The largest absolute Gasteiger partial charge is 0.449 e. The maximum atomic E-state index is 11.0. The van der Waals surface area contributed by atoms with E-state index in [4.69, 9.17) is 0 Å². The Balaban J connectivity index is 2.71. The molecule has 7 heteroatoms. The summed E-state index contributed by atoms with van der Waals surface area (Å²) in [4.78, 5) is 21.0. The summed E-state index contributed by atoms with van der Waals surface area (Å²) in [5.74, 6) is 0. The highest BCUT2D eigenvalue weighted by Gasteiger charge is 2.05. The van der Waals surface area contributed by atoms with Crippen molar-refractivity contribution in [2.45, 2.75) is 13.8 Å². The number of non-ortho nitro benzene ring substituents is 1. The number of ether oxygens (including phenoxy) is 1. The summed E-state index contributed by atoms with van der Waals surface area (Å²) in [7, 11) is 0. The third-order valence-electron chi connectivity index (χ3n) is 2.09. The Morgan fingerprint density at radius 2 is 2.06 bits per heavy atom. The minimum absolute atomic E-state index is 0.00454. The Morgan fingerprint density at radius 3 is 2.56 bits per heavy atom. The van der Waals surface area contributed by atoms with Gasteiger partial charge in [-0.25, -0.2) is 10.2 Å². The molecular weight excluding hydrogens is 238 g/mol. The highest BCUT2D eigenvalue weighted by Crippen LogP contribution is 2.12. The van der Waals surface area contributed by atoms with Gasteiger partial charge < -0.3 is 4.74 Å². The van der Waals surface area contributed by atoms with Crippen LogP contribution in [0.5, 0.6) is 0 Å². The van der Waals surface area contributed by atoms with E-state index in [2.05, 4.69) is 15.3 Å². The second-order valence-corrected chi connectivity index (χ2v) is 3.33. The van der Waals surface area contributed by atoms with Crippen LogP contribution in [0, 0.1) is 10.1 Å².